The van der Waals surface area contributed by atoms with Crippen LogP contribution in [0.2, 0.25) is 0 Å². The normalized spacial score (nSPS) is 9.00. The van der Waals surface area contributed by atoms with E-state index in [1.165, 1.54) is 0 Å². The Morgan fingerprint density at radius 1 is 1.14 bits per heavy atom. The first-order valence-corrected chi connectivity index (χ1v) is 2.85. The maximum Gasteiger partial charge on any atom is 0.466 e. The van der Waals surface area contributed by atoms with E-state index in [1.54, 1.807) is 0 Å². The predicted octanol–water partition coefficient (Wildman–Crippen LogP) is -1.26. The van der Waals surface area contributed by atoms with Crippen LogP contribution in [0.3, 0.4) is 0 Å². The van der Waals surface area contributed by atoms with Crippen LogP contribution in [-0.2, 0) is 17.1 Å². The van der Waals surface area contributed by atoms with E-state index in [2.05, 4.69) is 12.5 Å². The average Bonchev–Trinajstić information content (AvgIpc) is 1.36. The Bertz CT molecular complexity index is 63.9. The highest BCUT2D eigenvalue weighted by atomic mass is 32.1. The molecule has 0 amide bonds. The van der Waals surface area contributed by atoms with Gasteiger partial charge in [-0.1, -0.05) is 0 Å². The third-order valence-corrected chi connectivity index (χ3v) is 0. The van der Waals surface area contributed by atoms with E-state index in [9.17, 15) is 0 Å². The summed E-state index contributed by atoms with van der Waals surface area (Å²) in [5.74, 6) is 0. The molecule has 0 heterocycles. The van der Waals surface area contributed by atoms with Crippen molar-refractivity contribution in [3.8, 4) is 0 Å². The minimum absolute atomic E-state index is 2.83. The molecule has 0 fully saturated rings. The molecule has 0 radical (unpaired) electrons. The summed E-state index contributed by atoms with van der Waals surface area (Å²) in [6.07, 6.45) is 0. The third-order valence-electron chi connectivity index (χ3n) is 0. The summed E-state index contributed by atoms with van der Waals surface area (Å²) in [7, 11) is -4.64. The second kappa shape index (κ2) is 4.29. The second-order valence-corrected chi connectivity index (χ2v) is 1.54. The molecule has 0 aliphatic carbocycles. The fourth-order valence-corrected chi connectivity index (χ4v) is 0. The highest BCUT2D eigenvalue weighted by molar-refractivity contribution is 7.45. The molecule has 0 aliphatic heterocycles. The van der Waals surface area contributed by atoms with Crippen molar-refractivity contribution in [1.29, 1.82) is 0 Å². The molecule has 0 atom stereocenters. The van der Waals surface area contributed by atoms with Gasteiger partial charge in [0.25, 0.3) is 0 Å². The molecule has 0 aromatic rings. The molecule has 7 heavy (non-hydrogen) atoms. The summed E-state index contributed by atoms with van der Waals surface area (Å²) in [4.78, 5) is 21.6. The molecule has 0 unspecified atom stereocenters. The Hall–Kier alpha value is 0.130. The fraction of sp³-hybridized carbons (Fsp3) is 0. The largest absolute Gasteiger partial charge is 0.466 e. The van der Waals surface area contributed by atoms with Crippen molar-refractivity contribution in [2.45, 2.75) is 0 Å². The van der Waals surface area contributed by atoms with Crippen LogP contribution in [-0.4, -0.2) is 18.9 Å². The number of hydrogen-bond acceptors (Lipinski definition) is 3. The molecule has 3 N–H and O–H groups in total. The zero-order chi connectivity index (χ0) is 6.50. The summed E-state index contributed by atoms with van der Waals surface area (Å²) >= 11 is 2.83. The summed E-state index contributed by atoms with van der Waals surface area (Å²) in [5, 5.41) is 0. The van der Waals surface area contributed by atoms with E-state index >= 15 is 0 Å². The lowest BCUT2D eigenvalue weighted by Crippen LogP contribution is -1.66. The van der Waals surface area contributed by atoms with Gasteiger partial charge in [0.15, 0.2) is 12.5 Å². The molecular weight excluding hydrogens is 143 g/mol. The van der Waals surface area contributed by atoms with Crippen molar-refractivity contribution in [2.24, 2.45) is 0 Å². The molecule has 0 bridgehead atoms. The first-order valence-electron chi connectivity index (χ1n) is 0.949. The van der Waals surface area contributed by atoms with Gasteiger partial charge in [-0.3, -0.25) is 0 Å². The molecule has 0 aromatic heterocycles. The Morgan fingerprint density at radius 3 is 1.14 bits per heavy atom. The zero-order valence-electron chi connectivity index (χ0n) is 3.01. The monoisotopic (exact) mass is 146 g/mol. The van der Waals surface area contributed by atoms with Crippen LogP contribution >= 0.6 is 7.82 Å². The molecule has 5 nitrogen and oxygen atoms in total. The lowest BCUT2D eigenvalue weighted by molar-refractivity contribution is 0.275. The van der Waals surface area contributed by atoms with Gasteiger partial charge < -0.3 is 14.7 Å². The van der Waals surface area contributed by atoms with Crippen molar-refractivity contribution in [3.63, 3.8) is 0 Å². The topological polar surface area (TPSA) is 94.8 Å². The van der Waals surface area contributed by atoms with E-state index in [4.69, 9.17) is 23.5 Å². The molecular formula is H3O5PS. The highest BCUT2D eigenvalue weighted by Gasteiger charge is 2.00. The molecule has 0 rings (SSSR count). The molecule has 0 aromatic carbocycles. The van der Waals surface area contributed by atoms with Crippen LogP contribution in [0.4, 0.5) is 0 Å². The van der Waals surface area contributed by atoms with Crippen LogP contribution in [0.25, 0.3) is 0 Å². The van der Waals surface area contributed by atoms with Gasteiger partial charge in [0.2, 0.25) is 0 Å². The summed E-state index contributed by atoms with van der Waals surface area (Å²) in [6, 6.07) is 0. The molecule has 0 saturated carbocycles. The number of rotatable bonds is 0. The summed E-state index contributed by atoms with van der Waals surface area (Å²) in [5.41, 5.74) is 0. The summed E-state index contributed by atoms with van der Waals surface area (Å²) in [6.45, 7) is 0. The van der Waals surface area contributed by atoms with Gasteiger partial charge in [0, 0.05) is 0 Å². The van der Waals surface area contributed by atoms with Gasteiger partial charge >= 0.3 is 7.82 Å². The van der Waals surface area contributed by atoms with E-state index in [1.807, 2.05) is 0 Å². The molecule has 0 aliphatic rings. The Morgan fingerprint density at radius 2 is 1.14 bits per heavy atom. The molecule has 0 spiro atoms. The third kappa shape index (κ3) is 6190. The maximum atomic E-state index is 8.88. The zero-order valence-corrected chi connectivity index (χ0v) is 4.72. The SMILES string of the molecule is O=P(O)(O)O.O=S. The maximum absolute atomic E-state index is 8.88. The van der Waals surface area contributed by atoms with Crippen LogP contribution < -0.4 is 0 Å². The molecule has 7 heteroatoms. The minimum Gasteiger partial charge on any atom is -0.303 e. The second-order valence-electron chi connectivity index (χ2n) is 0.513. The van der Waals surface area contributed by atoms with Crippen LogP contribution in [0.15, 0.2) is 0 Å². The van der Waals surface area contributed by atoms with Gasteiger partial charge in [0.05, 0.1) is 0 Å². The first-order chi connectivity index (χ1) is 3.00. The minimum atomic E-state index is -4.64. The number of hydrogen-bond donors (Lipinski definition) is 3. The Kier molecular flexibility index (Phi) is 6.24. The van der Waals surface area contributed by atoms with Gasteiger partial charge in [-0.05, 0) is 0 Å². The molecule has 0 saturated heterocycles. The highest BCUT2D eigenvalue weighted by Crippen LogP contribution is 2.25. The van der Waals surface area contributed by atoms with Crippen molar-refractivity contribution in [1.82, 2.24) is 0 Å². The number of phosphoric acid groups is 1. The van der Waals surface area contributed by atoms with Crippen molar-refractivity contribution in [3.05, 3.63) is 0 Å². The van der Waals surface area contributed by atoms with E-state index in [0.29, 0.717) is 0 Å². The van der Waals surface area contributed by atoms with Gasteiger partial charge in [-0.15, -0.1) is 0 Å². The average molecular weight is 146 g/mol. The standard InChI is InChI=1S/H3O4P.OS/c1-5(2,3)4;1-2/h(H3,1,2,3,4);. The Balaban J connectivity index is 0. The van der Waals surface area contributed by atoms with Gasteiger partial charge in [-0.2, -0.15) is 4.21 Å². The van der Waals surface area contributed by atoms with E-state index < -0.39 is 7.82 Å². The van der Waals surface area contributed by atoms with Crippen LogP contribution in [0.5, 0.6) is 0 Å². The Labute approximate surface area is 44.8 Å². The summed E-state index contributed by atoms with van der Waals surface area (Å²) < 4.78 is 16.7. The van der Waals surface area contributed by atoms with Gasteiger partial charge in [0.1, 0.15) is 0 Å². The lowest BCUT2D eigenvalue weighted by atomic mass is 15.8. The van der Waals surface area contributed by atoms with Crippen LogP contribution in [0.1, 0.15) is 0 Å². The lowest BCUT2D eigenvalue weighted by Gasteiger charge is -1.82. The van der Waals surface area contributed by atoms with Gasteiger partial charge in [-0.25, -0.2) is 4.57 Å². The molecule has 44 valence electrons. The quantitative estimate of drug-likeness (QED) is 0.369. The predicted molar refractivity (Wildman–Crippen MR) is 22.4 cm³/mol. The van der Waals surface area contributed by atoms with Crippen molar-refractivity contribution < 1.29 is 23.5 Å². The van der Waals surface area contributed by atoms with E-state index in [0.717, 1.165) is 0 Å². The van der Waals surface area contributed by atoms with Crippen molar-refractivity contribution >= 4 is 20.4 Å². The fourth-order valence-electron chi connectivity index (χ4n) is 0. The van der Waals surface area contributed by atoms with Crippen molar-refractivity contribution in [2.75, 3.05) is 0 Å². The van der Waals surface area contributed by atoms with Crippen LogP contribution in [0, 0.1) is 0 Å². The smallest absolute Gasteiger partial charge is 0.303 e. The van der Waals surface area contributed by atoms with E-state index in [-0.39, 0.29) is 0 Å². The first kappa shape index (κ1) is 10.2.